The van der Waals surface area contributed by atoms with Crippen molar-refractivity contribution >= 4 is 5.97 Å². The highest BCUT2D eigenvalue weighted by atomic mass is 16.5. The van der Waals surface area contributed by atoms with Crippen LogP contribution in [-0.2, 0) is 18.0 Å². The van der Waals surface area contributed by atoms with Crippen LogP contribution in [-0.4, -0.2) is 26.1 Å². The van der Waals surface area contributed by atoms with E-state index in [-0.39, 0.29) is 12.3 Å². The first-order valence-electron chi connectivity index (χ1n) is 7.52. The average molecular weight is 323 g/mol. The van der Waals surface area contributed by atoms with E-state index in [2.05, 4.69) is 10.3 Å². The third-order valence-corrected chi connectivity index (χ3v) is 3.66. The van der Waals surface area contributed by atoms with E-state index in [4.69, 9.17) is 4.74 Å². The van der Waals surface area contributed by atoms with E-state index >= 15 is 0 Å². The number of carboxylic acids is 1. The Morgan fingerprint density at radius 2 is 1.79 bits per heavy atom. The smallest absolute Gasteiger partial charge is 0.358 e. The van der Waals surface area contributed by atoms with Gasteiger partial charge >= 0.3 is 5.97 Å². The lowest BCUT2D eigenvalue weighted by molar-refractivity contribution is 0.0676. The maximum absolute atomic E-state index is 11.4. The molecule has 24 heavy (non-hydrogen) atoms. The van der Waals surface area contributed by atoms with Crippen molar-refractivity contribution in [1.82, 2.24) is 15.0 Å². The molecule has 0 amide bonds. The average Bonchev–Trinajstić information content (AvgIpc) is 3.00. The summed E-state index contributed by atoms with van der Waals surface area (Å²) >= 11 is 0. The fourth-order valence-electron chi connectivity index (χ4n) is 2.43. The predicted molar refractivity (Wildman–Crippen MR) is 88.0 cm³/mol. The summed E-state index contributed by atoms with van der Waals surface area (Å²) in [6.45, 7) is 2.43. The second-order valence-electron chi connectivity index (χ2n) is 5.37. The number of rotatable bonds is 6. The summed E-state index contributed by atoms with van der Waals surface area (Å²) in [4.78, 5) is 11.4. The molecule has 0 saturated heterocycles. The Kier molecular flexibility index (Phi) is 4.67. The minimum absolute atomic E-state index is 0.0914. The highest BCUT2D eigenvalue weighted by molar-refractivity contribution is 5.86. The number of carbonyl (C=O) groups is 1. The number of aromatic carboxylic acids is 1. The molecule has 0 bridgehead atoms. The van der Waals surface area contributed by atoms with E-state index in [9.17, 15) is 9.90 Å². The second kappa shape index (κ2) is 7.06. The summed E-state index contributed by atoms with van der Waals surface area (Å²) in [6.07, 6.45) is 0. The number of hydrogen-bond donors (Lipinski definition) is 1. The zero-order chi connectivity index (χ0) is 16.9. The third-order valence-electron chi connectivity index (χ3n) is 3.66. The Morgan fingerprint density at radius 1 is 1.08 bits per heavy atom. The van der Waals surface area contributed by atoms with Crippen molar-refractivity contribution in [1.29, 1.82) is 0 Å². The zero-order valence-electron chi connectivity index (χ0n) is 13.2. The van der Waals surface area contributed by atoms with Gasteiger partial charge < -0.3 is 9.84 Å². The number of ether oxygens (including phenoxy) is 1. The number of aromatic nitrogens is 3. The summed E-state index contributed by atoms with van der Waals surface area (Å²) in [5.41, 5.74) is 3.11. The zero-order valence-corrected chi connectivity index (χ0v) is 13.2. The molecule has 6 nitrogen and oxygen atoms in total. The molecular weight excluding hydrogens is 306 g/mol. The van der Waals surface area contributed by atoms with Gasteiger partial charge in [0.1, 0.15) is 5.69 Å². The molecule has 0 aliphatic carbocycles. The molecule has 1 N–H and O–H groups in total. The number of aryl methyl sites for hydroxylation is 1. The van der Waals surface area contributed by atoms with E-state index < -0.39 is 5.97 Å². The van der Waals surface area contributed by atoms with Crippen LogP contribution in [0.5, 0.6) is 0 Å². The SMILES string of the molecule is Cc1ccccc1-n1nnc(C(=O)O)c1COCc1ccccc1. The fourth-order valence-corrected chi connectivity index (χ4v) is 2.43. The quantitative estimate of drug-likeness (QED) is 0.754. The van der Waals surface area contributed by atoms with Gasteiger partial charge in [-0.3, -0.25) is 0 Å². The van der Waals surface area contributed by atoms with Gasteiger partial charge in [0, 0.05) is 0 Å². The summed E-state index contributed by atoms with van der Waals surface area (Å²) < 4.78 is 7.22. The molecule has 3 rings (SSSR count). The van der Waals surface area contributed by atoms with Crippen LogP contribution in [0.4, 0.5) is 0 Å². The van der Waals surface area contributed by atoms with Gasteiger partial charge in [0.05, 0.1) is 18.9 Å². The van der Waals surface area contributed by atoms with Crippen LogP contribution < -0.4 is 0 Å². The molecule has 1 heterocycles. The molecule has 122 valence electrons. The van der Waals surface area contributed by atoms with Gasteiger partial charge in [0.25, 0.3) is 0 Å². The first-order chi connectivity index (χ1) is 11.7. The Bertz CT molecular complexity index is 844. The minimum atomic E-state index is -1.12. The molecule has 0 radical (unpaired) electrons. The number of carboxylic acid groups (broad SMARTS) is 1. The van der Waals surface area contributed by atoms with Crippen molar-refractivity contribution in [2.75, 3.05) is 0 Å². The van der Waals surface area contributed by atoms with Crippen molar-refractivity contribution in [3.8, 4) is 5.69 Å². The summed E-state index contributed by atoms with van der Waals surface area (Å²) in [7, 11) is 0. The topological polar surface area (TPSA) is 77.2 Å². The number of benzene rings is 2. The van der Waals surface area contributed by atoms with E-state index in [1.807, 2.05) is 61.5 Å². The van der Waals surface area contributed by atoms with Crippen LogP contribution in [0.3, 0.4) is 0 Å². The molecular formula is C18H17N3O3. The first-order valence-corrected chi connectivity index (χ1v) is 7.52. The number of para-hydroxylation sites is 1. The lowest BCUT2D eigenvalue weighted by Gasteiger charge is -2.10. The van der Waals surface area contributed by atoms with Gasteiger partial charge in [-0.2, -0.15) is 0 Å². The van der Waals surface area contributed by atoms with Gasteiger partial charge in [-0.15, -0.1) is 5.10 Å². The Morgan fingerprint density at radius 3 is 2.50 bits per heavy atom. The van der Waals surface area contributed by atoms with Crippen molar-refractivity contribution < 1.29 is 14.6 Å². The Labute approximate surface area is 139 Å². The lowest BCUT2D eigenvalue weighted by Crippen LogP contribution is -2.09. The highest BCUT2D eigenvalue weighted by Crippen LogP contribution is 2.18. The van der Waals surface area contributed by atoms with E-state index in [0.29, 0.717) is 12.3 Å². The van der Waals surface area contributed by atoms with Gasteiger partial charge in [-0.1, -0.05) is 53.7 Å². The maximum Gasteiger partial charge on any atom is 0.358 e. The molecule has 0 aliphatic rings. The second-order valence-corrected chi connectivity index (χ2v) is 5.37. The molecule has 2 aromatic carbocycles. The molecule has 1 aromatic heterocycles. The Hall–Kier alpha value is -2.99. The molecule has 3 aromatic rings. The van der Waals surface area contributed by atoms with E-state index in [0.717, 1.165) is 16.8 Å². The number of nitrogens with zero attached hydrogens (tertiary/aromatic N) is 3. The van der Waals surface area contributed by atoms with Gasteiger partial charge in [-0.25, -0.2) is 9.48 Å². The monoisotopic (exact) mass is 323 g/mol. The molecule has 0 fully saturated rings. The molecule has 6 heteroatoms. The van der Waals surface area contributed by atoms with Crippen molar-refractivity contribution in [3.05, 3.63) is 77.1 Å². The van der Waals surface area contributed by atoms with Crippen molar-refractivity contribution in [3.63, 3.8) is 0 Å². The van der Waals surface area contributed by atoms with Gasteiger partial charge in [0.2, 0.25) is 0 Å². The third kappa shape index (κ3) is 3.33. The van der Waals surface area contributed by atoms with Gasteiger partial charge in [0.15, 0.2) is 5.69 Å². The van der Waals surface area contributed by atoms with Crippen LogP contribution in [0.15, 0.2) is 54.6 Å². The van der Waals surface area contributed by atoms with Crippen LogP contribution >= 0.6 is 0 Å². The fraction of sp³-hybridized carbons (Fsp3) is 0.167. The summed E-state index contributed by atoms with van der Waals surface area (Å²) in [5, 5.41) is 17.1. The largest absolute Gasteiger partial charge is 0.476 e. The van der Waals surface area contributed by atoms with Crippen LogP contribution in [0.1, 0.15) is 27.3 Å². The molecule has 0 spiro atoms. The van der Waals surface area contributed by atoms with Crippen LogP contribution in [0.25, 0.3) is 5.69 Å². The van der Waals surface area contributed by atoms with E-state index in [1.54, 1.807) is 0 Å². The number of hydrogen-bond acceptors (Lipinski definition) is 4. The summed E-state index contributed by atoms with van der Waals surface area (Å²) in [6, 6.07) is 17.3. The Balaban J connectivity index is 1.86. The van der Waals surface area contributed by atoms with Crippen LogP contribution in [0.2, 0.25) is 0 Å². The standard InChI is InChI=1S/C18H17N3O3/c1-13-7-5-6-10-15(13)21-16(17(18(22)23)19-20-21)12-24-11-14-8-3-2-4-9-14/h2-10H,11-12H2,1H3,(H,22,23). The lowest BCUT2D eigenvalue weighted by atomic mass is 10.2. The molecule has 0 saturated carbocycles. The molecule has 0 aliphatic heterocycles. The molecule has 0 unspecified atom stereocenters. The summed E-state index contributed by atoms with van der Waals surface area (Å²) in [5.74, 6) is -1.12. The van der Waals surface area contributed by atoms with Crippen molar-refractivity contribution in [2.45, 2.75) is 20.1 Å². The predicted octanol–water partition coefficient (Wildman–Crippen LogP) is 2.99. The van der Waals surface area contributed by atoms with Gasteiger partial charge in [-0.05, 0) is 24.1 Å². The maximum atomic E-state index is 11.4. The normalized spacial score (nSPS) is 10.7. The van der Waals surface area contributed by atoms with Crippen LogP contribution in [0, 0.1) is 6.92 Å². The highest BCUT2D eigenvalue weighted by Gasteiger charge is 2.20. The first kappa shape index (κ1) is 15.9. The van der Waals surface area contributed by atoms with E-state index in [1.165, 1.54) is 4.68 Å². The van der Waals surface area contributed by atoms with Crippen molar-refractivity contribution in [2.24, 2.45) is 0 Å². The molecule has 0 atom stereocenters. The minimum Gasteiger partial charge on any atom is -0.476 e.